The molecule has 0 unspecified atom stereocenters. The third kappa shape index (κ3) is 5.56. The van der Waals surface area contributed by atoms with Gasteiger partial charge in [0.05, 0.1) is 19.9 Å². The van der Waals surface area contributed by atoms with Crippen molar-refractivity contribution in [1.29, 1.82) is 0 Å². The molecule has 114 valence electrons. The van der Waals surface area contributed by atoms with Gasteiger partial charge in [0.2, 0.25) is 0 Å². The first-order chi connectivity index (χ1) is 10.1. The number of amides is 1. The molecular formula is C15H19NO5. The largest absolute Gasteiger partial charge is 0.497 e. The number of allylic oxidation sites excluding steroid dienone is 1. The average molecular weight is 293 g/mol. The van der Waals surface area contributed by atoms with E-state index in [0.29, 0.717) is 17.2 Å². The fourth-order valence-electron chi connectivity index (χ4n) is 1.49. The third-order valence-corrected chi connectivity index (χ3v) is 2.52. The first-order valence-corrected chi connectivity index (χ1v) is 6.45. The van der Waals surface area contributed by atoms with Crippen LogP contribution in [0, 0.1) is 0 Å². The van der Waals surface area contributed by atoms with Gasteiger partial charge in [0, 0.05) is 12.1 Å². The second-order valence-electron chi connectivity index (χ2n) is 4.03. The summed E-state index contributed by atoms with van der Waals surface area (Å²) in [5.74, 6) is 0.0753. The maximum atomic E-state index is 11.7. The van der Waals surface area contributed by atoms with Crippen LogP contribution in [0.4, 0.5) is 5.69 Å². The van der Waals surface area contributed by atoms with Gasteiger partial charge in [-0.3, -0.25) is 4.79 Å². The molecule has 0 heterocycles. The quantitative estimate of drug-likeness (QED) is 0.616. The Kier molecular flexibility index (Phi) is 6.80. The summed E-state index contributed by atoms with van der Waals surface area (Å²) >= 11 is 0. The number of nitrogens with one attached hydrogen (secondary N) is 1. The number of hydrogen-bond donors (Lipinski definition) is 1. The lowest BCUT2D eigenvalue weighted by Gasteiger charge is -2.11. The van der Waals surface area contributed by atoms with E-state index in [1.807, 2.05) is 6.92 Å². The molecule has 0 saturated carbocycles. The number of esters is 1. The van der Waals surface area contributed by atoms with Gasteiger partial charge >= 0.3 is 5.97 Å². The molecule has 6 nitrogen and oxygen atoms in total. The summed E-state index contributed by atoms with van der Waals surface area (Å²) in [6, 6.07) is 4.98. The van der Waals surface area contributed by atoms with E-state index in [0.717, 1.165) is 6.42 Å². The molecule has 6 heteroatoms. The summed E-state index contributed by atoms with van der Waals surface area (Å²) in [4.78, 5) is 22.9. The van der Waals surface area contributed by atoms with Crippen LogP contribution >= 0.6 is 0 Å². The van der Waals surface area contributed by atoms with Gasteiger partial charge < -0.3 is 19.5 Å². The van der Waals surface area contributed by atoms with Crippen LogP contribution in [-0.4, -0.2) is 32.7 Å². The number of carbonyl (C=O) groups is 2. The van der Waals surface area contributed by atoms with Gasteiger partial charge in [-0.15, -0.1) is 0 Å². The van der Waals surface area contributed by atoms with Crippen LogP contribution < -0.4 is 14.8 Å². The van der Waals surface area contributed by atoms with E-state index in [-0.39, 0.29) is 6.61 Å². The zero-order chi connectivity index (χ0) is 15.7. The van der Waals surface area contributed by atoms with Crippen LogP contribution in [0.15, 0.2) is 30.4 Å². The molecule has 1 N–H and O–H groups in total. The van der Waals surface area contributed by atoms with E-state index in [4.69, 9.17) is 14.2 Å². The fourth-order valence-corrected chi connectivity index (χ4v) is 1.49. The monoisotopic (exact) mass is 293 g/mol. The second kappa shape index (κ2) is 8.63. The van der Waals surface area contributed by atoms with E-state index in [9.17, 15) is 9.59 Å². The minimum absolute atomic E-state index is 0.359. The van der Waals surface area contributed by atoms with Crippen LogP contribution in [-0.2, 0) is 14.3 Å². The van der Waals surface area contributed by atoms with Crippen molar-refractivity contribution in [2.75, 3.05) is 26.1 Å². The van der Waals surface area contributed by atoms with Gasteiger partial charge in [-0.25, -0.2) is 4.79 Å². The molecular weight excluding hydrogens is 274 g/mol. The first kappa shape index (κ1) is 16.6. The van der Waals surface area contributed by atoms with Gasteiger partial charge in [0.15, 0.2) is 6.61 Å². The Morgan fingerprint density at radius 1 is 1.24 bits per heavy atom. The van der Waals surface area contributed by atoms with Crippen molar-refractivity contribution in [3.63, 3.8) is 0 Å². The number of hydrogen-bond acceptors (Lipinski definition) is 5. The smallest absolute Gasteiger partial charge is 0.330 e. The zero-order valence-corrected chi connectivity index (χ0v) is 12.3. The third-order valence-electron chi connectivity index (χ3n) is 2.52. The standard InChI is InChI=1S/C15H19NO5/c1-4-5-6-15(18)21-10-14(17)16-12-8-7-11(19-2)9-13(12)20-3/h5-9H,4,10H2,1-3H3,(H,16,17)/b6-5+. The fraction of sp³-hybridized carbons (Fsp3) is 0.333. The molecule has 1 aromatic rings. The molecule has 0 saturated heterocycles. The number of carbonyl (C=O) groups excluding carboxylic acids is 2. The topological polar surface area (TPSA) is 73.9 Å². The highest BCUT2D eigenvalue weighted by Gasteiger charge is 2.10. The van der Waals surface area contributed by atoms with Crippen molar-refractivity contribution in [3.05, 3.63) is 30.4 Å². The number of methoxy groups -OCH3 is 2. The van der Waals surface area contributed by atoms with Crippen molar-refractivity contribution in [2.45, 2.75) is 13.3 Å². The van der Waals surface area contributed by atoms with Crippen molar-refractivity contribution < 1.29 is 23.8 Å². The molecule has 0 aliphatic heterocycles. The van der Waals surface area contributed by atoms with Crippen molar-refractivity contribution >= 4 is 17.6 Å². The van der Waals surface area contributed by atoms with E-state index in [1.54, 1.807) is 24.3 Å². The molecule has 0 fully saturated rings. The molecule has 21 heavy (non-hydrogen) atoms. The Morgan fingerprint density at radius 2 is 2.00 bits per heavy atom. The van der Waals surface area contributed by atoms with E-state index < -0.39 is 11.9 Å². The summed E-state index contributed by atoms with van der Waals surface area (Å²) in [5, 5.41) is 2.60. The Hall–Kier alpha value is -2.50. The second-order valence-corrected chi connectivity index (χ2v) is 4.03. The normalized spacial score (nSPS) is 10.2. The Bertz CT molecular complexity index is 525. The molecule has 1 rings (SSSR count). The maximum absolute atomic E-state index is 11.7. The highest BCUT2D eigenvalue weighted by Crippen LogP contribution is 2.28. The molecule has 0 atom stereocenters. The highest BCUT2D eigenvalue weighted by atomic mass is 16.5. The lowest BCUT2D eigenvalue weighted by Crippen LogP contribution is -2.20. The van der Waals surface area contributed by atoms with E-state index in [2.05, 4.69) is 5.32 Å². The minimum Gasteiger partial charge on any atom is -0.497 e. The lowest BCUT2D eigenvalue weighted by atomic mass is 10.2. The van der Waals surface area contributed by atoms with Crippen molar-refractivity contribution in [3.8, 4) is 11.5 Å². The molecule has 0 radical (unpaired) electrons. The number of benzene rings is 1. The Balaban J connectivity index is 2.58. The highest BCUT2D eigenvalue weighted by molar-refractivity contribution is 5.95. The van der Waals surface area contributed by atoms with E-state index in [1.165, 1.54) is 20.3 Å². The number of ether oxygens (including phenoxy) is 3. The van der Waals surface area contributed by atoms with Gasteiger partial charge in [0.1, 0.15) is 11.5 Å². The minimum atomic E-state index is -0.548. The van der Waals surface area contributed by atoms with Crippen LogP contribution in [0.5, 0.6) is 11.5 Å². The summed E-state index contributed by atoms with van der Waals surface area (Å²) in [5.41, 5.74) is 0.475. The number of anilines is 1. The van der Waals surface area contributed by atoms with Gasteiger partial charge in [-0.1, -0.05) is 13.0 Å². The average Bonchev–Trinajstić information content (AvgIpc) is 2.51. The molecule has 0 aromatic heterocycles. The predicted octanol–water partition coefficient (Wildman–Crippen LogP) is 2.15. The van der Waals surface area contributed by atoms with Gasteiger partial charge in [-0.05, 0) is 18.6 Å². The van der Waals surface area contributed by atoms with Crippen LogP contribution in [0.2, 0.25) is 0 Å². The maximum Gasteiger partial charge on any atom is 0.330 e. The molecule has 0 spiro atoms. The van der Waals surface area contributed by atoms with Crippen molar-refractivity contribution in [1.82, 2.24) is 0 Å². The van der Waals surface area contributed by atoms with Gasteiger partial charge in [0.25, 0.3) is 5.91 Å². The summed E-state index contributed by atoms with van der Waals surface area (Å²) in [6.45, 7) is 1.54. The predicted molar refractivity (Wildman–Crippen MR) is 78.6 cm³/mol. The molecule has 0 bridgehead atoms. The SMILES string of the molecule is CC/C=C/C(=O)OCC(=O)Nc1ccc(OC)cc1OC. The van der Waals surface area contributed by atoms with Crippen molar-refractivity contribution in [2.24, 2.45) is 0 Å². The summed E-state index contributed by atoms with van der Waals surface area (Å²) in [7, 11) is 3.02. The zero-order valence-electron chi connectivity index (χ0n) is 12.3. The summed E-state index contributed by atoms with van der Waals surface area (Å²) < 4.78 is 15.0. The first-order valence-electron chi connectivity index (χ1n) is 6.45. The summed E-state index contributed by atoms with van der Waals surface area (Å²) in [6.07, 6.45) is 3.68. The van der Waals surface area contributed by atoms with Crippen LogP contribution in [0.3, 0.4) is 0 Å². The number of rotatable bonds is 7. The Morgan fingerprint density at radius 3 is 2.62 bits per heavy atom. The molecule has 1 aromatic carbocycles. The molecule has 0 aliphatic rings. The lowest BCUT2D eigenvalue weighted by molar-refractivity contribution is -0.142. The molecule has 1 amide bonds. The van der Waals surface area contributed by atoms with Gasteiger partial charge in [-0.2, -0.15) is 0 Å². The van der Waals surface area contributed by atoms with E-state index >= 15 is 0 Å². The Labute approximate surface area is 123 Å². The van der Waals surface area contributed by atoms with Crippen LogP contribution in [0.1, 0.15) is 13.3 Å². The van der Waals surface area contributed by atoms with Crippen LogP contribution in [0.25, 0.3) is 0 Å². The molecule has 0 aliphatic carbocycles.